The molecule has 0 aliphatic heterocycles. The topological polar surface area (TPSA) is 64.0 Å². The second-order valence-corrected chi connectivity index (χ2v) is 9.19. The Morgan fingerprint density at radius 2 is 1.91 bits per heavy atom. The Hall–Kier alpha value is -3.39. The molecule has 0 bridgehead atoms. The maximum absolute atomic E-state index is 14.6. The molecule has 33 heavy (non-hydrogen) atoms. The van der Waals surface area contributed by atoms with Crippen LogP contribution in [0.3, 0.4) is 0 Å². The van der Waals surface area contributed by atoms with Crippen LogP contribution >= 0.6 is 11.3 Å². The lowest BCUT2D eigenvalue weighted by atomic mass is 9.97. The van der Waals surface area contributed by atoms with Crippen LogP contribution in [-0.2, 0) is 24.2 Å². The number of hydrogen-bond donors (Lipinski definition) is 1. The molecule has 168 valence electrons. The molecule has 0 fully saturated rings. The van der Waals surface area contributed by atoms with Gasteiger partial charge in [-0.15, -0.1) is 11.3 Å². The molecule has 1 N–H and O–H groups in total. The van der Waals surface area contributed by atoms with E-state index in [0.717, 1.165) is 42.1 Å². The molecule has 0 saturated heterocycles. The van der Waals surface area contributed by atoms with Gasteiger partial charge in [0.2, 0.25) is 5.91 Å². The standard InChI is InChI=1S/C25H21F2N3O2S/c26-16-12-18(15-6-2-1-3-7-15)23(19(27)13-16)29-21(31)10-11-30-14-28-24-22(25(30)32)17-8-4-5-9-20(17)33-24/h1-3,6-7,12-14H,4-5,8-11H2,(H,29,31). The number of aromatic nitrogens is 2. The predicted molar refractivity (Wildman–Crippen MR) is 126 cm³/mol. The first kappa shape index (κ1) is 21.5. The summed E-state index contributed by atoms with van der Waals surface area (Å²) in [5, 5.41) is 3.22. The first-order valence-electron chi connectivity index (χ1n) is 10.9. The highest BCUT2D eigenvalue weighted by Crippen LogP contribution is 2.34. The molecule has 4 aromatic rings. The Morgan fingerprint density at radius 1 is 1.12 bits per heavy atom. The molecular formula is C25H21F2N3O2S. The Labute approximate surface area is 192 Å². The predicted octanol–water partition coefficient (Wildman–Crippen LogP) is 5.31. The van der Waals surface area contributed by atoms with Gasteiger partial charge in [-0.25, -0.2) is 13.8 Å². The number of hydrogen-bond acceptors (Lipinski definition) is 4. The molecule has 5 nitrogen and oxygen atoms in total. The Bertz CT molecular complexity index is 1410. The van der Waals surface area contributed by atoms with E-state index < -0.39 is 17.5 Å². The molecule has 1 aliphatic rings. The minimum Gasteiger partial charge on any atom is -0.323 e. The van der Waals surface area contributed by atoms with Crippen molar-refractivity contribution in [3.8, 4) is 11.1 Å². The number of nitrogens with zero attached hydrogens (tertiary/aromatic N) is 2. The lowest BCUT2D eigenvalue weighted by molar-refractivity contribution is -0.116. The number of thiophene rings is 1. The number of halogens is 2. The number of aryl methyl sites for hydroxylation is 3. The van der Waals surface area contributed by atoms with Crippen LogP contribution in [0, 0.1) is 11.6 Å². The van der Waals surface area contributed by atoms with Gasteiger partial charge in [-0.05, 0) is 42.9 Å². The lowest BCUT2D eigenvalue weighted by Gasteiger charge is -2.13. The van der Waals surface area contributed by atoms with E-state index in [1.54, 1.807) is 41.7 Å². The molecular weight excluding hydrogens is 444 g/mol. The minimum atomic E-state index is -0.854. The van der Waals surface area contributed by atoms with E-state index in [-0.39, 0.29) is 29.8 Å². The van der Waals surface area contributed by atoms with Gasteiger partial charge in [-0.1, -0.05) is 30.3 Å². The van der Waals surface area contributed by atoms with E-state index in [4.69, 9.17) is 0 Å². The molecule has 5 rings (SSSR count). The number of anilines is 1. The quantitative estimate of drug-likeness (QED) is 0.434. The zero-order valence-corrected chi connectivity index (χ0v) is 18.6. The van der Waals surface area contributed by atoms with Crippen molar-refractivity contribution >= 4 is 33.1 Å². The summed E-state index contributed by atoms with van der Waals surface area (Å²) in [6.45, 7) is 0.113. The van der Waals surface area contributed by atoms with Crippen LogP contribution in [0.1, 0.15) is 29.7 Å². The third-order valence-corrected chi connectivity index (χ3v) is 7.13. The zero-order chi connectivity index (χ0) is 22.9. The highest BCUT2D eigenvalue weighted by atomic mass is 32.1. The smallest absolute Gasteiger partial charge is 0.262 e. The van der Waals surface area contributed by atoms with Gasteiger partial charge in [0.1, 0.15) is 16.5 Å². The zero-order valence-electron chi connectivity index (χ0n) is 17.7. The first-order chi connectivity index (χ1) is 16.0. The number of nitrogens with one attached hydrogen (secondary N) is 1. The maximum atomic E-state index is 14.6. The second-order valence-electron chi connectivity index (χ2n) is 8.11. The average molecular weight is 466 g/mol. The highest BCUT2D eigenvalue weighted by molar-refractivity contribution is 7.18. The number of amides is 1. The number of rotatable bonds is 5. The second kappa shape index (κ2) is 8.86. The largest absolute Gasteiger partial charge is 0.323 e. The minimum absolute atomic E-state index is 0.0511. The molecule has 0 unspecified atom stereocenters. The Morgan fingerprint density at radius 3 is 2.73 bits per heavy atom. The van der Waals surface area contributed by atoms with Crippen molar-refractivity contribution < 1.29 is 13.6 Å². The van der Waals surface area contributed by atoms with Crippen LogP contribution in [0.5, 0.6) is 0 Å². The number of fused-ring (bicyclic) bond motifs is 3. The molecule has 2 aromatic heterocycles. The fourth-order valence-electron chi connectivity index (χ4n) is 4.31. The van der Waals surface area contributed by atoms with Gasteiger partial charge in [0.25, 0.3) is 5.56 Å². The summed E-state index contributed by atoms with van der Waals surface area (Å²) in [6.07, 6.45) is 5.45. The van der Waals surface area contributed by atoms with Crippen molar-refractivity contribution in [1.82, 2.24) is 9.55 Å². The van der Waals surface area contributed by atoms with Gasteiger partial charge >= 0.3 is 0 Å². The lowest BCUT2D eigenvalue weighted by Crippen LogP contribution is -2.24. The van der Waals surface area contributed by atoms with Gasteiger partial charge < -0.3 is 5.32 Å². The Balaban J connectivity index is 1.37. The third kappa shape index (κ3) is 4.18. The van der Waals surface area contributed by atoms with Crippen molar-refractivity contribution in [3.05, 3.63) is 81.2 Å². The highest BCUT2D eigenvalue weighted by Gasteiger charge is 2.20. The SMILES string of the molecule is O=C(CCn1cnc2sc3c(c2c1=O)CCCC3)Nc1c(F)cc(F)cc1-c1ccccc1. The molecule has 2 aromatic carbocycles. The van der Waals surface area contributed by atoms with Crippen LogP contribution in [0.4, 0.5) is 14.5 Å². The molecule has 8 heteroatoms. The van der Waals surface area contributed by atoms with Crippen molar-refractivity contribution in [2.75, 3.05) is 5.32 Å². The molecule has 1 aliphatic carbocycles. The van der Waals surface area contributed by atoms with Crippen molar-refractivity contribution in [1.29, 1.82) is 0 Å². The van der Waals surface area contributed by atoms with Crippen LogP contribution in [0.2, 0.25) is 0 Å². The molecule has 2 heterocycles. The first-order valence-corrected chi connectivity index (χ1v) is 11.7. The maximum Gasteiger partial charge on any atom is 0.262 e. The number of benzene rings is 2. The van der Waals surface area contributed by atoms with Gasteiger partial charge in [-0.3, -0.25) is 14.2 Å². The monoisotopic (exact) mass is 465 g/mol. The van der Waals surface area contributed by atoms with Crippen molar-refractivity contribution in [2.24, 2.45) is 0 Å². The molecule has 0 atom stereocenters. The van der Waals surface area contributed by atoms with E-state index >= 15 is 0 Å². The van der Waals surface area contributed by atoms with E-state index in [9.17, 15) is 18.4 Å². The summed E-state index contributed by atoms with van der Waals surface area (Å²) in [5.41, 5.74) is 1.70. The van der Waals surface area contributed by atoms with Crippen LogP contribution < -0.4 is 10.9 Å². The van der Waals surface area contributed by atoms with E-state index in [0.29, 0.717) is 10.9 Å². The van der Waals surface area contributed by atoms with Crippen LogP contribution in [-0.4, -0.2) is 15.5 Å². The molecule has 1 amide bonds. The van der Waals surface area contributed by atoms with Crippen molar-refractivity contribution in [2.45, 2.75) is 38.6 Å². The summed E-state index contributed by atoms with van der Waals surface area (Å²) in [7, 11) is 0. The average Bonchev–Trinajstić information content (AvgIpc) is 3.20. The van der Waals surface area contributed by atoms with Gasteiger partial charge in [-0.2, -0.15) is 0 Å². The summed E-state index contributed by atoms with van der Waals surface area (Å²) in [5.74, 6) is -2.06. The number of carbonyl (C=O) groups is 1. The van der Waals surface area contributed by atoms with Crippen molar-refractivity contribution in [3.63, 3.8) is 0 Å². The summed E-state index contributed by atoms with van der Waals surface area (Å²) in [4.78, 5) is 32.1. The van der Waals surface area contributed by atoms with Gasteiger partial charge in [0, 0.05) is 29.5 Å². The molecule has 0 radical (unpaired) electrons. The van der Waals surface area contributed by atoms with Gasteiger partial charge in [0.05, 0.1) is 17.4 Å². The van der Waals surface area contributed by atoms with Crippen LogP contribution in [0.25, 0.3) is 21.3 Å². The number of carbonyl (C=O) groups excluding carboxylic acids is 1. The fourth-order valence-corrected chi connectivity index (χ4v) is 5.53. The van der Waals surface area contributed by atoms with E-state index in [1.807, 2.05) is 0 Å². The summed E-state index contributed by atoms with van der Waals surface area (Å²) >= 11 is 1.57. The molecule has 0 saturated carbocycles. The summed E-state index contributed by atoms with van der Waals surface area (Å²) in [6, 6.07) is 10.7. The van der Waals surface area contributed by atoms with Crippen LogP contribution in [0.15, 0.2) is 53.6 Å². The van der Waals surface area contributed by atoms with E-state index in [1.165, 1.54) is 21.8 Å². The van der Waals surface area contributed by atoms with Gasteiger partial charge in [0.15, 0.2) is 0 Å². The molecule has 0 spiro atoms. The third-order valence-electron chi connectivity index (χ3n) is 5.93. The fraction of sp³-hybridized carbons (Fsp3) is 0.240. The normalized spacial score (nSPS) is 13.2. The van der Waals surface area contributed by atoms with E-state index in [2.05, 4.69) is 10.3 Å². The summed E-state index contributed by atoms with van der Waals surface area (Å²) < 4.78 is 29.9. The Kier molecular flexibility index (Phi) is 5.76.